The van der Waals surface area contributed by atoms with Gasteiger partial charge >= 0.3 is 5.97 Å². The summed E-state index contributed by atoms with van der Waals surface area (Å²) in [5, 5.41) is 11.7. The quantitative estimate of drug-likeness (QED) is 0.785. The SMILES string of the molecule is O=C(O)CC1NC(=S)N(Cc2ccccc2)C1=O. The van der Waals surface area contributed by atoms with Gasteiger partial charge in [0.05, 0.1) is 13.0 Å². The van der Waals surface area contributed by atoms with Crippen molar-refractivity contribution in [3.8, 4) is 0 Å². The van der Waals surface area contributed by atoms with E-state index < -0.39 is 12.0 Å². The molecule has 0 aliphatic carbocycles. The molecule has 2 rings (SSSR count). The summed E-state index contributed by atoms with van der Waals surface area (Å²) in [7, 11) is 0. The van der Waals surface area contributed by atoms with Gasteiger partial charge < -0.3 is 10.4 Å². The van der Waals surface area contributed by atoms with E-state index in [1.807, 2.05) is 30.3 Å². The van der Waals surface area contributed by atoms with Crippen LogP contribution in [0.3, 0.4) is 0 Å². The summed E-state index contributed by atoms with van der Waals surface area (Å²) in [6.45, 7) is 0.363. The highest BCUT2D eigenvalue weighted by atomic mass is 32.1. The minimum absolute atomic E-state index is 0.260. The smallest absolute Gasteiger partial charge is 0.305 e. The lowest BCUT2D eigenvalue weighted by atomic mass is 10.2. The van der Waals surface area contributed by atoms with Crippen LogP contribution in [0.2, 0.25) is 0 Å². The fourth-order valence-electron chi connectivity index (χ4n) is 1.81. The fourth-order valence-corrected chi connectivity index (χ4v) is 2.10. The van der Waals surface area contributed by atoms with Gasteiger partial charge in [0.1, 0.15) is 6.04 Å². The molecule has 2 N–H and O–H groups in total. The van der Waals surface area contributed by atoms with Crippen molar-refractivity contribution < 1.29 is 14.7 Å². The van der Waals surface area contributed by atoms with Gasteiger partial charge in [-0.1, -0.05) is 30.3 Å². The van der Waals surface area contributed by atoms with Crippen LogP contribution in [-0.2, 0) is 16.1 Å². The van der Waals surface area contributed by atoms with Crippen LogP contribution in [0, 0.1) is 0 Å². The molecule has 0 spiro atoms. The van der Waals surface area contributed by atoms with Gasteiger partial charge in [-0.05, 0) is 17.8 Å². The summed E-state index contributed by atoms with van der Waals surface area (Å²) in [5.41, 5.74) is 0.950. The first-order valence-corrected chi connectivity index (χ1v) is 5.86. The maximum Gasteiger partial charge on any atom is 0.305 e. The van der Waals surface area contributed by atoms with Gasteiger partial charge in [0, 0.05) is 0 Å². The van der Waals surface area contributed by atoms with Crippen LogP contribution in [0.1, 0.15) is 12.0 Å². The summed E-state index contributed by atoms with van der Waals surface area (Å²) in [5.74, 6) is -1.31. The summed E-state index contributed by atoms with van der Waals surface area (Å²) in [6, 6.07) is 8.67. The Morgan fingerprint density at radius 2 is 2.06 bits per heavy atom. The summed E-state index contributed by atoms with van der Waals surface area (Å²) in [6.07, 6.45) is -0.260. The van der Waals surface area contributed by atoms with Crippen molar-refractivity contribution >= 4 is 29.2 Å². The Bertz CT molecular complexity index is 489. The van der Waals surface area contributed by atoms with Gasteiger partial charge in [-0.2, -0.15) is 0 Å². The Hall–Kier alpha value is -1.95. The van der Waals surface area contributed by atoms with Crippen LogP contribution < -0.4 is 5.32 Å². The lowest BCUT2D eigenvalue weighted by molar-refractivity contribution is -0.140. The van der Waals surface area contributed by atoms with Crippen LogP contribution in [0.15, 0.2) is 30.3 Å². The molecular weight excluding hydrogens is 252 g/mol. The number of carbonyl (C=O) groups excluding carboxylic acids is 1. The molecule has 0 bridgehead atoms. The standard InChI is InChI=1S/C12H12N2O3S/c15-10(16)6-9-11(17)14(12(18)13-9)7-8-4-2-1-3-5-8/h1-5,9H,6-7H2,(H,13,18)(H,15,16). The molecule has 1 amide bonds. The van der Waals surface area contributed by atoms with Crippen LogP contribution in [0.4, 0.5) is 0 Å². The number of carbonyl (C=O) groups is 2. The number of thiocarbonyl (C=S) groups is 1. The Kier molecular flexibility index (Phi) is 3.57. The van der Waals surface area contributed by atoms with Crippen LogP contribution in [0.5, 0.6) is 0 Å². The second kappa shape index (κ2) is 5.14. The molecule has 1 aromatic rings. The molecule has 0 aromatic heterocycles. The number of rotatable bonds is 4. The predicted molar refractivity (Wildman–Crippen MR) is 68.8 cm³/mol. The average molecular weight is 264 g/mol. The molecule has 1 saturated heterocycles. The van der Waals surface area contributed by atoms with Gasteiger partial charge in [-0.3, -0.25) is 14.5 Å². The molecule has 6 heteroatoms. The van der Waals surface area contributed by atoms with Crippen LogP contribution in [-0.4, -0.2) is 33.0 Å². The lowest BCUT2D eigenvalue weighted by Crippen LogP contribution is -2.32. The monoisotopic (exact) mass is 264 g/mol. The number of benzene rings is 1. The third-order valence-electron chi connectivity index (χ3n) is 2.67. The van der Waals surface area contributed by atoms with E-state index in [0.29, 0.717) is 6.54 Å². The van der Waals surface area contributed by atoms with Crippen molar-refractivity contribution in [1.29, 1.82) is 0 Å². The molecule has 0 radical (unpaired) electrons. The fraction of sp³-hybridized carbons (Fsp3) is 0.250. The van der Waals surface area contributed by atoms with Crippen molar-refractivity contribution in [2.75, 3.05) is 0 Å². The number of carboxylic acid groups (broad SMARTS) is 1. The highest BCUT2D eigenvalue weighted by Gasteiger charge is 2.36. The molecule has 1 fully saturated rings. The highest BCUT2D eigenvalue weighted by molar-refractivity contribution is 7.80. The molecule has 1 aliphatic rings. The van der Waals surface area contributed by atoms with E-state index in [9.17, 15) is 9.59 Å². The van der Waals surface area contributed by atoms with E-state index in [1.54, 1.807) is 0 Å². The number of nitrogens with one attached hydrogen (secondary N) is 1. The zero-order valence-electron chi connectivity index (χ0n) is 9.50. The van der Waals surface area contributed by atoms with E-state index in [-0.39, 0.29) is 17.4 Å². The van der Waals surface area contributed by atoms with E-state index in [2.05, 4.69) is 5.32 Å². The van der Waals surface area contributed by atoms with Gasteiger partial charge in [-0.15, -0.1) is 0 Å². The van der Waals surface area contributed by atoms with E-state index >= 15 is 0 Å². The van der Waals surface area contributed by atoms with E-state index in [0.717, 1.165) is 5.56 Å². The molecule has 94 valence electrons. The van der Waals surface area contributed by atoms with Crippen molar-refractivity contribution in [3.63, 3.8) is 0 Å². The predicted octanol–water partition coefficient (Wildman–Crippen LogP) is 0.747. The van der Waals surface area contributed by atoms with Gasteiger partial charge in [0.25, 0.3) is 5.91 Å². The van der Waals surface area contributed by atoms with Gasteiger partial charge in [0.15, 0.2) is 5.11 Å². The molecule has 1 aliphatic heterocycles. The number of nitrogens with zero attached hydrogens (tertiary/aromatic N) is 1. The molecule has 0 saturated carbocycles. The minimum Gasteiger partial charge on any atom is -0.481 e. The first-order chi connectivity index (χ1) is 8.58. The Morgan fingerprint density at radius 3 is 2.67 bits per heavy atom. The zero-order chi connectivity index (χ0) is 13.1. The molecule has 5 nitrogen and oxygen atoms in total. The molecule has 18 heavy (non-hydrogen) atoms. The van der Waals surface area contributed by atoms with Gasteiger partial charge in [0.2, 0.25) is 0 Å². The third kappa shape index (κ3) is 2.65. The Labute approximate surface area is 109 Å². The van der Waals surface area contributed by atoms with Crippen molar-refractivity contribution in [1.82, 2.24) is 10.2 Å². The van der Waals surface area contributed by atoms with Crippen molar-refractivity contribution in [3.05, 3.63) is 35.9 Å². The maximum atomic E-state index is 12.0. The van der Waals surface area contributed by atoms with Gasteiger partial charge in [-0.25, -0.2) is 0 Å². The number of hydrogen-bond acceptors (Lipinski definition) is 3. The maximum absolute atomic E-state index is 12.0. The number of amides is 1. The van der Waals surface area contributed by atoms with Crippen LogP contribution in [0.25, 0.3) is 0 Å². The Morgan fingerprint density at radius 1 is 1.39 bits per heavy atom. The highest BCUT2D eigenvalue weighted by Crippen LogP contribution is 2.14. The second-order valence-electron chi connectivity index (χ2n) is 4.01. The van der Waals surface area contributed by atoms with E-state index in [4.69, 9.17) is 17.3 Å². The molecule has 1 unspecified atom stereocenters. The van der Waals surface area contributed by atoms with Crippen molar-refractivity contribution in [2.45, 2.75) is 19.0 Å². The number of aliphatic carboxylic acids is 1. The van der Waals surface area contributed by atoms with Crippen molar-refractivity contribution in [2.24, 2.45) is 0 Å². The summed E-state index contributed by atoms with van der Waals surface area (Å²) < 4.78 is 0. The third-order valence-corrected chi connectivity index (χ3v) is 3.01. The topological polar surface area (TPSA) is 69.6 Å². The zero-order valence-corrected chi connectivity index (χ0v) is 10.3. The molecule has 1 aromatic carbocycles. The Balaban J connectivity index is 2.08. The number of carboxylic acids is 1. The first-order valence-electron chi connectivity index (χ1n) is 5.45. The molecular formula is C12H12N2O3S. The summed E-state index contributed by atoms with van der Waals surface area (Å²) in [4.78, 5) is 24.0. The van der Waals surface area contributed by atoms with E-state index in [1.165, 1.54) is 4.90 Å². The first kappa shape index (κ1) is 12.5. The number of hydrogen-bond donors (Lipinski definition) is 2. The normalized spacial score (nSPS) is 18.9. The largest absolute Gasteiger partial charge is 0.481 e. The lowest BCUT2D eigenvalue weighted by Gasteiger charge is -2.14. The van der Waals surface area contributed by atoms with Crippen LogP contribution >= 0.6 is 12.2 Å². The molecule has 1 heterocycles. The average Bonchev–Trinajstić information content (AvgIpc) is 2.58. The minimum atomic E-state index is -1.02. The summed E-state index contributed by atoms with van der Waals surface area (Å²) >= 11 is 5.05. The second-order valence-corrected chi connectivity index (χ2v) is 4.40. The molecule has 1 atom stereocenters.